The first-order chi connectivity index (χ1) is 5.57. The first-order valence-electron chi connectivity index (χ1n) is 3.26. The smallest absolute Gasteiger partial charge is 0.146 e. The largest absolute Gasteiger partial charge is 0.496 e. The highest BCUT2D eigenvalue weighted by Gasteiger charge is 2.11. The Morgan fingerprint density at radius 2 is 2.17 bits per heavy atom. The molecule has 0 amide bonds. The molecule has 1 nitrogen and oxygen atoms in total. The SMILES string of the molecule is COc1cc(Cl)c(F)c(C)c1Br. The van der Waals surface area contributed by atoms with Gasteiger partial charge in [-0.15, -0.1) is 0 Å². The van der Waals surface area contributed by atoms with Crippen LogP contribution in [-0.4, -0.2) is 7.11 Å². The fraction of sp³-hybridized carbons (Fsp3) is 0.250. The van der Waals surface area contributed by atoms with Crippen molar-refractivity contribution in [1.82, 2.24) is 0 Å². The highest BCUT2D eigenvalue weighted by Crippen LogP contribution is 2.34. The Labute approximate surface area is 83.6 Å². The summed E-state index contributed by atoms with van der Waals surface area (Å²) in [7, 11) is 1.51. The zero-order chi connectivity index (χ0) is 9.30. The van der Waals surface area contributed by atoms with E-state index in [1.807, 2.05) is 0 Å². The van der Waals surface area contributed by atoms with E-state index in [1.165, 1.54) is 13.2 Å². The summed E-state index contributed by atoms with van der Waals surface area (Å²) in [5.41, 5.74) is 0.458. The molecule has 1 aromatic rings. The van der Waals surface area contributed by atoms with E-state index in [1.54, 1.807) is 6.92 Å². The van der Waals surface area contributed by atoms with Crippen molar-refractivity contribution in [1.29, 1.82) is 0 Å². The third-order valence-corrected chi connectivity index (χ3v) is 2.82. The van der Waals surface area contributed by atoms with Crippen LogP contribution >= 0.6 is 27.5 Å². The average molecular weight is 253 g/mol. The molecule has 0 aliphatic rings. The molecule has 0 saturated heterocycles. The predicted octanol–water partition coefficient (Wildman–Crippen LogP) is 3.56. The molecule has 0 spiro atoms. The van der Waals surface area contributed by atoms with Crippen LogP contribution < -0.4 is 4.74 Å². The van der Waals surface area contributed by atoms with Crippen LogP contribution in [0.5, 0.6) is 5.75 Å². The standard InChI is InChI=1S/C8H7BrClFO/c1-4-7(9)6(12-2)3-5(10)8(4)11/h3H,1-2H3. The van der Waals surface area contributed by atoms with E-state index in [0.29, 0.717) is 15.8 Å². The maximum atomic E-state index is 13.1. The second-order valence-electron chi connectivity index (χ2n) is 2.31. The molecule has 0 saturated carbocycles. The molecule has 0 radical (unpaired) electrons. The molecule has 0 aromatic heterocycles. The van der Waals surface area contributed by atoms with Crippen LogP contribution in [0.15, 0.2) is 10.5 Å². The molecular weight excluding hydrogens is 246 g/mol. The van der Waals surface area contributed by atoms with E-state index < -0.39 is 5.82 Å². The summed E-state index contributed by atoms with van der Waals surface area (Å²) in [4.78, 5) is 0. The molecule has 0 atom stereocenters. The predicted molar refractivity (Wildman–Crippen MR) is 50.4 cm³/mol. The quantitative estimate of drug-likeness (QED) is 0.695. The third-order valence-electron chi connectivity index (χ3n) is 1.56. The van der Waals surface area contributed by atoms with Crippen molar-refractivity contribution < 1.29 is 9.13 Å². The van der Waals surface area contributed by atoms with Gasteiger partial charge in [0.25, 0.3) is 0 Å². The van der Waals surface area contributed by atoms with E-state index in [0.717, 1.165) is 0 Å². The van der Waals surface area contributed by atoms with Gasteiger partial charge in [0.2, 0.25) is 0 Å². The molecule has 0 aliphatic heterocycles. The highest BCUT2D eigenvalue weighted by atomic mass is 79.9. The van der Waals surface area contributed by atoms with Gasteiger partial charge in [0, 0.05) is 11.6 Å². The van der Waals surface area contributed by atoms with Crippen molar-refractivity contribution in [3.8, 4) is 5.75 Å². The summed E-state index contributed by atoms with van der Waals surface area (Å²) >= 11 is 8.80. The molecule has 0 heterocycles. The van der Waals surface area contributed by atoms with Crippen LogP contribution in [-0.2, 0) is 0 Å². The molecule has 0 fully saturated rings. The summed E-state index contributed by atoms with van der Waals surface area (Å²) in [5, 5.41) is 0.0764. The lowest BCUT2D eigenvalue weighted by Crippen LogP contribution is -1.91. The summed E-state index contributed by atoms with van der Waals surface area (Å²) in [6, 6.07) is 1.44. The highest BCUT2D eigenvalue weighted by molar-refractivity contribution is 9.10. The Balaban J connectivity index is 3.39. The first kappa shape index (κ1) is 9.81. The van der Waals surface area contributed by atoms with Crippen LogP contribution in [0.4, 0.5) is 4.39 Å². The number of methoxy groups -OCH3 is 1. The molecule has 0 bridgehead atoms. The molecule has 4 heteroatoms. The second-order valence-corrected chi connectivity index (χ2v) is 3.51. The Hall–Kier alpha value is -0.280. The summed E-state index contributed by atoms with van der Waals surface area (Å²) in [6.07, 6.45) is 0. The van der Waals surface area contributed by atoms with Crippen molar-refractivity contribution in [3.05, 3.63) is 26.9 Å². The molecule has 0 N–H and O–H groups in total. The number of rotatable bonds is 1. The van der Waals surface area contributed by atoms with Crippen molar-refractivity contribution in [3.63, 3.8) is 0 Å². The monoisotopic (exact) mass is 252 g/mol. The van der Waals surface area contributed by atoms with Gasteiger partial charge in [-0.3, -0.25) is 0 Å². The third kappa shape index (κ3) is 1.57. The maximum Gasteiger partial charge on any atom is 0.146 e. The minimum atomic E-state index is -0.413. The zero-order valence-corrected chi connectivity index (χ0v) is 8.96. The van der Waals surface area contributed by atoms with Gasteiger partial charge in [0.05, 0.1) is 16.6 Å². The minimum absolute atomic E-state index is 0.0764. The van der Waals surface area contributed by atoms with Crippen molar-refractivity contribution in [2.24, 2.45) is 0 Å². The summed E-state index contributed by atoms with van der Waals surface area (Å²) < 4.78 is 18.7. The van der Waals surface area contributed by atoms with Gasteiger partial charge < -0.3 is 4.74 Å². The Bertz CT molecular complexity index is 314. The molecule has 66 valence electrons. The topological polar surface area (TPSA) is 9.23 Å². The fourth-order valence-corrected chi connectivity index (χ4v) is 1.54. The van der Waals surface area contributed by atoms with Crippen LogP contribution in [0.1, 0.15) is 5.56 Å². The molecule has 1 aromatic carbocycles. The van der Waals surface area contributed by atoms with Crippen LogP contribution in [0, 0.1) is 12.7 Å². The zero-order valence-electron chi connectivity index (χ0n) is 6.62. The number of hydrogen-bond donors (Lipinski definition) is 0. The number of halogens is 3. The van der Waals surface area contributed by atoms with Crippen LogP contribution in [0.25, 0.3) is 0 Å². The lowest BCUT2D eigenvalue weighted by Gasteiger charge is -2.07. The lowest BCUT2D eigenvalue weighted by atomic mass is 10.2. The minimum Gasteiger partial charge on any atom is -0.496 e. The average Bonchev–Trinajstić information content (AvgIpc) is 2.08. The molecule has 12 heavy (non-hydrogen) atoms. The van der Waals surface area contributed by atoms with Crippen molar-refractivity contribution in [2.75, 3.05) is 7.11 Å². The Morgan fingerprint density at radius 1 is 1.58 bits per heavy atom. The van der Waals surface area contributed by atoms with Gasteiger partial charge in [-0.25, -0.2) is 4.39 Å². The summed E-state index contributed by atoms with van der Waals surface area (Å²) in [6.45, 7) is 1.63. The lowest BCUT2D eigenvalue weighted by molar-refractivity contribution is 0.410. The molecular formula is C8H7BrClFO. The van der Waals surface area contributed by atoms with E-state index >= 15 is 0 Å². The molecule has 1 rings (SSSR count). The van der Waals surface area contributed by atoms with Gasteiger partial charge in [-0.2, -0.15) is 0 Å². The second kappa shape index (κ2) is 3.62. The Kier molecular flexibility index (Phi) is 2.96. The van der Waals surface area contributed by atoms with Crippen molar-refractivity contribution in [2.45, 2.75) is 6.92 Å². The van der Waals surface area contributed by atoms with Crippen LogP contribution in [0.2, 0.25) is 5.02 Å². The van der Waals surface area contributed by atoms with Crippen LogP contribution in [0.3, 0.4) is 0 Å². The van der Waals surface area contributed by atoms with Gasteiger partial charge in [0.15, 0.2) is 0 Å². The fourth-order valence-electron chi connectivity index (χ4n) is 0.851. The Morgan fingerprint density at radius 3 is 2.67 bits per heavy atom. The van der Waals surface area contributed by atoms with E-state index in [9.17, 15) is 4.39 Å². The molecule has 0 aliphatic carbocycles. The number of benzene rings is 1. The van der Waals surface area contributed by atoms with Gasteiger partial charge in [-0.1, -0.05) is 11.6 Å². The van der Waals surface area contributed by atoms with E-state index in [-0.39, 0.29) is 5.02 Å². The van der Waals surface area contributed by atoms with Crippen molar-refractivity contribution >= 4 is 27.5 Å². The maximum absolute atomic E-state index is 13.1. The normalized spacial score (nSPS) is 10.1. The number of ether oxygens (including phenoxy) is 1. The van der Waals surface area contributed by atoms with Gasteiger partial charge in [-0.05, 0) is 22.9 Å². The first-order valence-corrected chi connectivity index (χ1v) is 4.43. The molecule has 0 unspecified atom stereocenters. The van der Waals surface area contributed by atoms with Gasteiger partial charge >= 0.3 is 0 Å². The number of hydrogen-bond acceptors (Lipinski definition) is 1. The van der Waals surface area contributed by atoms with E-state index in [4.69, 9.17) is 16.3 Å². The van der Waals surface area contributed by atoms with E-state index in [2.05, 4.69) is 15.9 Å². The summed E-state index contributed by atoms with van der Waals surface area (Å²) in [5.74, 6) is 0.128. The van der Waals surface area contributed by atoms with Gasteiger partial charge in [0.1, 0.15) is 11.6 Å².